The topological polar surface area (TPSA) is 111 Å². The Labute approximate surface area is 218 Å². The first-order valence-corrected chi connectivity index (χ1v) is 13.6. The third-order valence-electron chi connectivity index (χ3n) is 6.34. The van der Waals surface area contributed by atoms with E-state index in [1.165, 1.54) is 26.4 Å². The average Bonchev–Trinajstić information content (AvgIpc) is 3.31. The van der Waals surface area contributed by atoms with Gasteiger partial charge in [-0.1, -0.05) is 11.2 Å². The molecule has 1 N–H and O–H groups in total. The molecule has 1 saturated heterocycles. The van der Waals surface area contributed by atoms with Crippen LogP contribution < -0.4 is 23.8 Å². The van der Waals surface area contributed by atoms with E-state index in [1.807, 2.05) is 25.1 Å². The monoisotopic (exact) mass is 530 g/mol. The first-order chi connectivity index (χ1) is 17.7. The van der Waals surface area contributed by atoms with E-state index >= 15 is 0 Å². The summed E-state index contributed by atoms with van der Waals surface area (Å²) in [5.41, 5.74) is 1.09. The van der Waals surface area contributed by atoms with E-state index < -0.39 is 16.1 Å². The van der Waals surface area contributed by atoms with Gasteiger partial charge in [0.05, 0.1) is 25.2 Å². The van der Waals surface area contributed by atoms with Crippen LogP contribution in [0.4, 0.5) is 5.69 Å². The predicted molar refractivity (Wildman–Crippen MR) is 140 cm³/mol. The maximum absolute atomic E-state index is 13.1. The molecule has 1 aromatic heterocycles. The van der Waals surface area contributed by atoms with Gasteiger partial charge < -0.3 is 24.0 Å². The van der Waals surface area contributed by atoms with Crippen LogP contribution in [0.5, 0.6) is 23.3 Å². The number of likely N-dealkylation sites (N-methyl/N-ethyl adjacent to an activating group) is 1. The summed E-state index contributed by atoms with van der Waals surface area (Å²) in [4.78, 5) is 4.69. The number of sulfonamides is 1. The zero-order chi connectivity index (χ0) is 26.6. The third kappa shape index (κ3) is 5.97. The van der Waals surface area contributed by atoms with Gasteiger partial charge in [-0.05, 0) is 45.2 Å². The first kappa shape index (κ1) is 26.7. The Morgan fingerprint density at radius 3 is 2.41 bits per heavy atom. The average molecular weight is 531 g/mol. The minimum Gasteiger partial charge on any atom is -0.493 e. The zero-order valence-electron chi connectivity index (χ0n) is 21.8. The molecule has 3 aromatic rings. The van der Waals surface area contributed by atoms with Crippen molar-refractivity contribution in [2.24, 2.45) is 0 Å². The van der Waals surface area contributed by atoms with Crippen LogP contribution in [0.2, 0.25) is 0 Å². The molecule has 0 amide bonds. The van der Waals surface area contributed by atoms with Gasteiger partial charge in [0.15, 0.2) is 17.3 Å². The number of anilines is 1. The smallest absolute Gasteiger partial charge is 0.322 e. The Kier molecular flexibility index (Phi) is 8.20. The van der Waals surface area contributed by atoms with E-state index in [2.05, 4.69) is 37.8 Å². The molecule has 2 aromatic carbocycles. The highest BCUT2D eigenvalue weighted by Gasteiger charge is 2.25. The molecule has 12 heteroatoms. The van der Waals surface area contributed by atoms with E-state index in [4.69, 9.17) is 14.2 Å². The van der Waals surface area contributed by atoms with Gasteiger partial charge in [-0.3, -0.25) is 4.57 Å². The molecule has 11 nitrogen and oxygen atoms in total. The second-order valence-corrected chi connectivity index (χ2v) is 10.5. The van der Waals surface area contributed by atoms with Crippen LogP contribution in [0.1, 0.15) is 25.7 Å². The molecule has 0 unspecified atom stereocenters. The van der Waals surface area contributed by atoms with E-state index in [9.17, 15) is 8.42 Å². The number of nitrogens with zero attached hydrogens (tertiary/aromatic N) is 5. The van der Waals surface area contributed by atoms with Gasteiger partial charge in [-0.15, -0.1) is 5.10 Å². The standard InChI is InChI=1S/C25H34N6O5S/c1-6-31-24(18(2)28-37(32,33)21-10-11-22(34-4)23(17-21)35-5)26-27-25(31)36-20-9-7-8-19(16-20)30-14-12-29(3)13-15-30/h7-11,16-18,28H,6,12-15H2,1-5H3/t18-/m1/s1. The third-order valence-corrected chi connectivity index (χ3v) is 7.88. The largest absolute Gasteiger partial charge is 0.493 e. The Morgan fingerprint density at radius 2 is 1.73 bits per heavy atom. The van der Waals surface area contributed by atoms with E-state index in [0.29, 0.717) is 35.6 Å². The van der Waals surface area contributed by atoms with Gasteiger partial charge in [0.2, 0.25) is 10.0 Å². The summed E-state index contributed by atoms with van der Waals surface area (Å²) >= 11 is 0. The van der Waals surface area contributed by atoms with Crippen molar-refractivity contribution >= 4 is 15.7 Å². The normalized spacial score (nSPS) is 15.4. The highest BCUT2D eigenvalue weighted by Crippen LogP contribution is 2.31. The van der Waals surface area contributed by atoms with Crippen LogP contribution in [0.15, 0.2) is 47.4 Å². The van der Waals surface area contributed by atoms with Gasteiger partial charge in [0, 0.05) is 50.5 Å². The summed E-state index contributed by atoms with van der Waals surface area (Å²) in [6.45, 7) is 8.06. The van der Waals surface area contributed by atoms with Crippen LogP contribution in [0.3, 0.4) is 0 Å². The van der Waals surface area contributed by atoms with Gasteiger partial charge in [-0.2, -0.15) is 0 Å². The summed E-state index contributed by atoms with van der Waals surface area (Å²) in [6, 6.07) is 11.9. The van der Waals surface area contributed by atoms with Crippen molar-refractivity contribution in [2.75, 3.05) is 52.3 Å². The van der Waals surface area contributed by atoms with Crippen molar-refractivity contribution in [3.05, 3.63) is 48.3 Å². The summed E-state index contributed by atoms with van der Waals surface area (Å²) in [6.07, 6.45) is 0. The number of aromatic nitrogens is 3. The second-order valence-electron chi connectivity index (χ2n) is 8.83. The number of ether oxygens (including phenoxy) is 3. The van der Waals surface area contributed by atoms with Crippen LogP contribution >= 0.6 is 0 Å². The fourth-order valence-electron chi connectivity index (χ4n) is 4.24. The van der Waals surface area contributed by atoms with Crippen molar-refractivity contribution in [1.29, 1.82) is 0 Å². The Hall–Kier alpha value is -3.35. The summed E-state index contributed by atoms with van der Waals surface area (Å²) < 4.78 is 47.1. The van der Waals surface area contributed by atoms with E-state index in [1.54, 1.807) is 17.6 Å². The molecule has 4 rings (SSSR count). The molecule has 0 aliphatic carbocycles. The molecule has 0 spiro atoms. The Balaban J connectivity index is 1.51. The molecular formula is C25H34N6O5S. The van der Waals surface area contributed by atoms with Crippen molar-refractivity contribution in [1.82, 2.24) is 24.4 Å². The molecule has 0 radical (unpaired) electrons. The lowest BCUT2D eigenvalue weighted by Crippen LogP contribution is -2.44. The van der Waals surface area contributed by atoms with Gasteiger partial charge in [0.25, 0.3) is 0 Å². The quantitative estimate of drug-likeness (QED) is 0.423. The van der Waals surface area contributed by atoms with Crippen molar-refractivity contribution in [3.63, 3.8) is 0 Å². The van der Waals surface area contributed by atoms with E-state index in [0.717, 1.165) is 31.9 Å². The summed E-state index contributed by atoms with van der Waals surface area (Å²) in [7, 11) is 1.19. The molecule has 0 saturated carbocycles. The minimum atomic E-state index is -3.88. The second kappa shape index (κ2) is 11.4. The van der Waals surface area contributed by atoms with Crippen molar-refractivity contribution < 1.29 is 22.6 Å². The molecule has 2 heterocycles. The number of nitrogens with one attached hydrogen (secondary N) is 1. The number of methoxy groups -OCH3 is 2. The van der Waals surface area contributed by atoms with Gasteiger partial charge in [-0.25, -0.2) is 13.1 Å². The molecule has 0 bridgehead atoms. The maximum atomic E-state index is 13.1. The molecule has 1 aliphatic rings. The number of piperazine rings is 1. The minimum absolute atomic E-state index is 0.0526. The van der Waals surface area contributed by atoms with Crippen LogP contribution in [-0.4, -0.2) is 75.5 Å². The van der Waals surface area contributed by atoms with E-state index in [-0.39, 0.29) is 4.90 Å². The number of hydrogen-bond acceptors (Lipinski definition) is 9. The van der Waals surface area contributed by atoms with Gasteiger partial charge in [0.1, 0.15) is 5.75 Å². The van der Waals surface area contributed by atoms with Crippen LogP contribution in [0, 0.1) is 0 Å². The molecule has 200 valence electrons. The van der Waals surface area contributed by atoms with Crippen molar-refractivity contribution in [2.45, 2.75) is 31.3 Å². The highest BCUT2D eigenvalue weighted by atomic mass is 32.2. The number of rotatable bonds is 10. The van der Waals surface area contributed by atoms with Crippen LogP contribution in [-0.2, 0) is 16.6 Å². The maximum Gasteiger partial charge on any atom is 0.322 e. The summed E-state index contributed by atoms with van der Waals surface area (Å²) in [5, 5.41) is 8.45. The Bertz CT molecular complexity index is 1320. The lowest BCUT2D eigenvalue weighted by Gasteiger charge is -2.34. The molecule has 1 fully saturated rings. The number of hydrogen-bond donors (Lipinski definition) is 1. The predicted octanol–water partition coefficient (Wildman–Crippen LogP) is 2.90. The molecule has 1 aliphatic heterocycles. The fraction of sp³-hybridized carbons (Fsp3) is 0.440. The SMILES string of the molecule is CCn1c(Oc2cccc(N3CCN(C)CC3)c2)nnc1[C@@H](C)NS(=O)(=O)c1ccc(OC)c(OC)c1. The number of benzene rings is 2. The van der Waals surface area contributed by atoms with Gasteiger partial charge >= 0.3 is 6.01 Å². The highest BCUT2D eigenvalue weighted by molar-refractivity contribution is 7.89. The Morgan fingerprint density at radius 1 is 1.00 bits per heavy atom. The molecule has 1 atom stereocenters. The van der Waals surface area contributed by atoms with Crippen LogP contribution in [0.25, 0.3) is 0 Å². The zero-order valence-corrected chi connectivity index (χ0v) is 22.7. The lowest BCUT2D eigenvalue weighted by molar-refractivity contribution is 0.312. The molecular weight excluding hydrogens is 496 g/mol. The summed E-state index contributed by atoms with van der Waals surface area (Å²) in [5.74, 6) is 1.85. The fourth-order valence-corrected chi connectivity index (χ4v) is 5.46. The first-order valence-electron chi connectivity index (χ1n) is 12.1. The van der Waals surface area contributed by atoms with Crippen molar-refractivity contribution in [3.8, 4) is 23.3 Å². The lowest BCUT2D eigenvalue weighted by atomic mass is 10.2. The molecule has 37 heavy (non-hydrogen) atoms.